The van der Waals surface area contributed by atoms with Gasteiger partial charge in [0.05, 0.1) is 0 Å². The van der Waals surface area contributed by atoms with Crippen LogP contribution in [0.25, 0.3) is 0 Å². The van der Waals surface area contributed by atoms with Crippen molar-refractivity contribution in [3.63, 3.8) is 0 Å². The van der Waals surface area contributed by atoms with Crippen molar-refractivity contribution in [2.45, 2.75) is 20.8 Å². The number of hydrogen-bond donors (Lipinski definition) is 2. The molecular weight excluding hydrogens is 308 g/mol. The standard InChI is InChI=1S/C13H15BrN4O/c1-7-6-16-13(18(15)12(7)19)17-11-5-4-10(14)8(2)9(11)3/h4-6H,15H2,1-3H3,(H,16,17). The Bertz CT molecular complexity index is 694. The van der Waals surface area contributed by atoms with Crippen molar-refractivity contribution in [2.75, 3.05) is 11.2 Å². The van der Waals surface area contributed by atoms with Gasteiger partial charge in [0.25, 0.3) is 5.56 Å². The predicted molar refractivity (Wildman–Crippen MR) is 80.3 cm³/mol. The lowest BCUT2D eigenvalue weighted by atomic mass is 10.1. The van der Waals surface area contributed by atoms with Gasteiger partial charge in [-0.25, -0.2) is 4.98 Å². The van der Waals surface area contributed by atoms with Gasteiger partial charge in [0.1, 0.15) is 0 Å². The number of nitrogens with one attached hydrogen (secondary N) is 1. The molecule has 0 amide bonds. The van der Waals surface area contributed by atoms with Crippen LogP contribution in [0.15, 0.2) is 27.6 Å². The first kappa shape index (κ1) is 13.6. The van der Waals surface area contributed by atoms with Gasteiger partial charge in [0.2, 0.25) is 5.95 Å². The van der Waals surface area contributed by atoms with Crippen LogP contribution in [-0.2, 0) is 0 Å². The van der Waals surface area contributed by atoms with Crippen LogP contribution in [0.3, 0.4) is 0 Å². The van der Waals surface area contributed by atoms with E-state index in [1.807, 2.05) is 26.0 Å². The molecule has 0 aliphatic rings. The van der Waals surface area contributed by atoms with E-state index in [1.165, 1.54) is 6.20 Å². The smallest absolute Gasteiger partial charge is 0.276 e. The van der Waals surface area contributed by atoms with Crippen molar-refractivity contribution in [1.29, 1.82) is 0 Å². The molecule has 1 aromatic heterocycles. The Morgan fingerprint density at radius 2 is 1.95 bits per heavy atom. The van der Waals surface area contributed by atoms with Crippen molar-refractivity contribution in [3.8, 4) is 0 Å². The Balaban J connectivity index is 2.46. The summed E-state index contributed by atoms with van der Waals surface area (Å²) in [4.78, 5) is 15.9. The van der Waals surface area contributed by atoms with Gasteiger partial charge in [-0.05, 0) is 44.0 Å². The topological polar surface area (TPSA) is 72.9 Å². The van der Waals surface area contributed by atoms with Crippen LogP contribution < -0.4 is 16.7 Å². The van der Waals surface area contributed by atoms with Crippen LogP contribution in [0.1, 0.15) is 16.7 Å². The summed E-state index contributed by atoms with van der Waals surface area (Å²) in [6, 6.07) is 3.86. The van der Waals surface area contributed by atoms with Crippen molar-refractivity contribution < 1.29 is 0 Å². The molecule has 0 aliphatic carbocycles. The van der Waals surface area contributed by atoms with Gasteiger partial charge in [0.15, 0.2) is 0 Å². The maximum Gasteiger partial charge on any atom is 0.276 e. The molecule has 2 aromatic rings. The van der Waals surface area contributed by atoms with Gasteiger partial charge in [-0.15, -0.1) is 0 Å². The lowest BCUT2D eigenvalue weighted by Crippen LogP contribution is -2.31. The molecule has 1 heterocycles. The maximum atomic E-state index is 11.7. The molecule has 0 saturated heterocycles. The fraction of sp³-hybridized carbons (Fsp3) is 0.231. The second-order valence-corrected chi connectivity index (χ2v) is 5.26. The van der Waals surface area contributed by atoms with Crippen LogP contribution in [-0.4, -0.2) is 9.66 Å². The molecular formula is C13H15BrN4O. The summed E-state index contributed by atoms with van der Waals surface area (Å²) in [6.07, 6.45) is 1.51. The summed E-state index contributed by atoms with van der Waals surface area (Å²) in [5.41, 5.74) is 3.32. The van der Waals surface area contributed by atoms with Crippen molar-refractivity contribution in [3.05, 3.63) is 49.8 Å². The van der Waals surface area contributed by atoms with E-state index < -0.39 is 0 Å². The Kier molecular flexibility index (Phi) is 3.61. The number of anilines is 2. The highest BCUT2D eigenvalue weighted by atomic mass is 79.9. The number of nitrogens with two attached hydrogens (primary N) is 1. The number of nitrogen functional groups attached to an aromatic ring is 1. The molecule has 6 heteroatoms. The molecule has 5 nitrogen and oxygen atoms in total. The summed E-state index contributed by atoms with van der Waals surface area (Å²) in [6.45, 7) is 5.69. The van der Waals surface area contributed by atoms with E-state index in [0.717, 1.165) is 26.0 Å². The van der Waals surface area contributed by atoms with E-state index in [1.54, 1.807) is 6.92 Å². The molecule has 0 aliphatic heterocycles. The van der Waals surface area contributed by atoms with Crippen LogP contribution in [0.2, 0.25) is 0 Å². The molecule has 0 fully saturated rings. The Morgan fingerprint density at radius 3 is 2.63 bits per heavy atom. The lowest BCUT2D eigenvalue weighted by Gasteiger charge is -2.14. The number of benzene rings is 1. The van der Waals surface area contributed by atoms with Crippen LogP contribution in [0.4, 0.5) is 11.6 Å². The minimum atomic E-state index is -0.260. The molecule has 0 bridgehead atoms. The van der Waals surface area contributed by atoms with E-state index in [0.29, 0.717) is 11.5 Å². The normalized spacial score (nSPS) is 10.5. The Labute approximate surface area is 119 Å². The molecule has 100 valence electrons. The van der Waals surface area contributed by atoms with Crippen molar-refractivity contribution in [1.82, 2.24) is 9.66 Å². The number of aryl methyl sites for hydroxylation is 1. The molecule has 0 unspecified atom stereocenters. The summed E-state index contributed by atoms with van der Waals surface area (Å²) in [7, 11) is 0. The molecule has 3 N–H and O–H groups in total. The average Bonchev–Trinajstić information content (AvgIpc) is 2.39. The SMILES string of the molecule is Cc1c(Br)ccc(Nc2ncc(C)c(=O)n2N)c1C. The van der Waals surface area contributed by atoms with Gasteiger partial charge in [-0.1, -0.05) is 15.9 Å². The molecule has 0 saturated carbocycles. The molecule has 1 aromatic carbocycles. The first-order valence-electron chi connectivity index (χ1n) is 5.78. The lowest BCUT2D eigenvalue weighted by molar-refractivity contribution is 0.886. The highest BCUT2D eigenvalue weighted by molar-refractivity contribution is 9.10. The first-order valence-corrected chi connectivity index (χ1v) is 6.57. The first-order chi connectivity index (χ1) is 8.91. The van der Waals surface area contributed by atoms with Gasteiger partial charge in [0, 0.05) is 21.9 Å². The molecule has 0 radical (unpaired) electrons. The number of hydrogen-bond acceptors (Lipinski definition) is 4. The molecule has 0 spiro atoms. The fourth-order valence-corrected chi connectivity index (χ4v) is 2.13. The van der Waals surface area contributed by atoms with Gasteiger partial charge < -0.3 is 11.2 Å². The van der Waals surface area contributed by atoms with Crippen LogP contribution in [0.5, 0.6) is 0 Å². The van der Waals surface area contributed by atoms with Gasteiger partial charge in [-0.2, -0.15) is 4.68 Å². The van der Waals surface area contributed by atoms with Crippen LogP contribution in [0, 0.1) is 20.8 Å². The summed E-state index contributed by atoms with van der Waals surface area (Å²) >= 11 is 3.48. The van der Waals surface area contributed by atoms with Crippen molar-refractivity contribution >= 4 is 27.6 Å². The number of aromatic nitrogens is 2. The highest BCUT2D eigenvalue weighted by Gasteiger charge is 2.09. The van der Waals surface area contributed by atoms with Crippen molar-refractivity contribution in [2.24, 2.45) is 0 Å². The molecule has 2 rings (SSSR count). The summed E-state index contributed by atoms with van der Waals surface area (Å²) in [5, 5.41) is 3.08. The number of rotatable bonds is 2. The number of nitrogens with zero attached hydrogens (tertiary/aromatic N) is 2. The fourth-order valence-electron chi connectivity index (χ4n) is 1.70. The van der Waals surface area contributed by atoms with Gasteiger partial charge in [-0.3, -0.25) is 4.79 Å². The minimum Gasteiger partial charge on any atom is -0.333 e. The van der Waals surface area contributed by atoms with Crippen LogP contribution >= 0.6 is 15.9 Å². The maximum absolute atomic E-state index is 11.7. The van der Waals surface area contributed by atoms with E-state index in [2.05, 4.69) is 26.2 Å². The average molecular weight is 323 g/mol. The quantitative estimate of drug-likeness (QED) is 0.833. The second kappa shape index (κ2) is 5.05. The highest BCUT2D eigenvalue weighted by Crippen LogP contribution is 2.27. The Morgan fingerprint density at radius 1 is 1.26 bits per heavy atom. The third-order valence-electron chi connectivity index (χ3n) is 3.13. The predicted octanol–water partition coefficient (Wildman–Crippen LogP) is 2.39. The monoisotopic (exact) mass is 322 g/mol. The second-order valence-electron chi connectivity index (χ2n) is 4.41. The van der Waals surface area contributed by atoms with Gasteiger partial charge >= 0.3 is 0 Å². The minimum absolute atomic E-state index is 0.260. The molecule has 19 heavy (non-hydrogen) atoms. The zero-order valence-corrected chi connectivity index (χ0v) is 12.6. The molecule has 0 atom stereocenters. The van der Waals surface area contributed by atoms with E-state index in [-0.39, 0.29) is 5.56 Å². The zero-order valence-electron chi connectivity index (χ0n) is 11.0. The summed E-state index contributed by atoms with van der Waals surface area (Å²) < 4.78 is 2.06. The van der Waals surface area contributed by atoms with E-state index in [4.69, 9.17) is 5.84 Å². The van der Waals surface area contributed by atoms with E-state index in [9.17, 15) is 4.79 Å². The van der Waals surface area contributed by atoms with E-state index >= 15 is 0 Å². The largest absolute Gasteiger partial charge is 0.333 e. The zero-order chi connectivity index (χ0) is 14.2. The third kappa shape index (κ3) is 2.49. The Hall–Kier alpha value is -1.82. The third-order valence-corrected chi connectivity index (χ3v) is 3.99. The number of halogens is 1. The summed E-state index contributed by atoms with van der Waals surface area (Å²) in [5.74, 6) is 6.04.